The van der Waals surface area contributed by atoms with Gasteiger partial charge in [-0.1, -0.05) is 18.2 Å². The number of carbonyl (C=O) groups is 1. The van der Waals surface area contributed by atoms with Crippen LogP contribution >= 0.6 is 0 Å². The number of rotatable bonds is 4. The second-order valence-electron chi connectivity index (χ2n) is 5.61. The van der Waals surface area contributed by atoms with Crippen LogP contribution in [0.3, 0.4) is 0 Å². The Balaban J connectivity index is 1.89. The van der Waals surface area contributed by atoms with Crippen LogP contribution in [0.15, 0.2) is 24.3 Å². The molecule has 4 nitrogen and oxygen atoms in total. The first kappa shape index (κ1) is 13.9. The maximum absolute atomic E-state index is 11.9. The van der Waals surface area contributed by atoms with Crippen molar-refractivity contribution in [3.05, 3.63) is 29.8 Å². The van der Waals surface area contributed by atoms with Crippen LogP contribution in [0.5, 0.6) is 0 Å². The topological polar surface area (TPSA) is 58.4 Å². The molecule has 4 heteroatoms. The van der Waals surface area contributed by atoms with Crippen molar-refractivity contribution in [1.29, 1.82) is 0 Å². The van der Waals surface area contributed by atoms with Crippen LogP contribution in [0.1, 0.15) is 18.9 Å². The molecule has 1 aromatic rings. The zero-order valence-corrected chi connectivity index (χ0v) is 11.8. The molecule has 1 heterocycles. The average Bonchev–Trinajstić information content (AvgIpc) is 2.80. The fraction of sp³-hybridized carbons (Fsp3) is 0.533. The predicted molar refractivity (Wildman–Crippen MR) is 77.8 cm³/mol. The molecular formula is C15H23N3O. The number of nitrogens with one attached hydrogen (secondary N) is 1. The molecule has 0 spiro atoms. The van der Waals surface area contributed by atoms with E-state index >= 15 is 0 Å². The summed E-state index contributed by atoms with van der Waals surface area (Å²) in [6.45, 7) is 4.82. The van der Waals surface area contributed by atoms with Crippen LogP contribution in [-0.4, -0.2) is 37.5 Å². The van der Waals surface area contributed by atoms with Crippen molar-refractivity contribution in [3.63, 3.8) is 0 Å². The van der Waals surface area contributed by atoms with E-state index in [1.165, 1.54) is 5.56 Å². The highest BCUT2D eigenvalue weighted by molar-refractivity contribution is 5.82. The molecular weight excluding hydrogens is 238 g/mol. The van der Waals surface area contributed by atoms with Gasteiger partial charge in [0.1, 0.15) is 0 Å². The minimum atomic E-state index is -0.239. The van der Waals surface area contributed by atoms with Gasteiger partial charge in [0.05, 0.1) is 5.41 Å². The van der Waals surface area contributed by atoms with Gasteiger partial charge < -0.3 is 16.0 Å². The molecule has 0 aliphatic carbocycles. The monoisotopic (exact) mass is 261 g/mol. The van der Waals surface area contributed by atoms with Gasteiger partial charge in [0, 0.05) is 25.8 Å². The smallest absolute Gasteiger partial charge is 0.227 e. The molecule has 1 amide bonds. The Morgan fingerprint density at radius 2 is 2.21 bits per heavy atom. The van der Waals surface area contributed by atoms with Gasteiger partial charge in [-0.3, -0.25) is 4.79 Å². The van der Waals surface area contributed by atoms with E-state index < -0.39 is 0 Å². The fourth-order valence-corrected chi connectivity index (χ4v) is 2.77. The van der Waals surface area contributed by atoms with Gasteiger partial charge in [0.25, 0.3) is 0 Å². The summed E-state index contributed by atoms with van der Waals surface area (Å²) in [4.78, 5) is 14.2. The van der Waals surface area contributed by atoms with Gasteiger partial charge in [-0.2, -0.15) is 0 Å². The number of carbonyl (C=O) groups excluding carboxylic acids is 1. The molecule has 0 bridgehead atoms. The number of nitrogens with two attached hydrogens (primary N) is 1. The van der Waals surface area contributed by atoms with Crippen molar-refractivity contribution in [2.45, 2.75) is 19.8 Å². The van der Waals surface area contributed by atoms with Gasteiger partial charge >= 0.3 is 0 Å². The van der Waals surface area contributed by atoms with E-state index in [9.17, 15) is 4.79 Å². The molecule has 1 aliphatic rings. The molecule has 104 valence electrons. The highest BCUT2D eigenvalue weighted by Gasteiger charge is 2.39. The number of hydrogen-bond donors (Lipinski definition) is 2. The zero-order valence-electron chi connectivity index (χ0n) is 11.8. The normalized spacial score (nSPS) is 23.5. The summed E-state index contributed by atoms with van der Waals surface area (Å²) < 4.78 is 0. The molecule has 1 atom stereocenters. The molecule has 1 aliphatic heterocycles. The predicted octanol–water partition coefficient (Wildman–Crippen LogP) is 1.27. The van der Waals surface area contributed by atoms with Crippen molar-refractivity contribution >= 4 is 11.6 Å². The quantitative estimate of drug-likeness (QED) is 0.803. The standard InChI is InChI=1S/C15H23N3O/c1-15(14(19)17-2)8-10-18(11-15)9-7-12-5-3-4-6-13(12)16/h3-6H,7-11,16H2,1-2H3,(H,17,19). The first-order valence-electron chi connectivity index (χ1n) is 6.83. The Labute approximate surface area is 115 Å². The minimum Gasteiger partial charge on any atom is -0.399 e. The fourth-order valence-electron chi connectivity index (χ4n) is 2.77. The molecule has 3 N–H and O–H groups in total. The molecule has 1 saturated heterocycles. The Bertz CT molecular complexity index is 460. The average molecular weight is 261 g/mol. The summed E-state index contributed by atoms with van der Waals surface area (Å²) in [6.07, 6.45) is 1.87. The third-order valence-electron chi connectivity index (χ3n) is 4.08. The third kappa shape index (κ3) is 3.07. The molecule has 0 aromatic heterocycles. The number of nitrogens with zero attached hydrogens (tertiary/aromatic N) is 1. The summed E-state index contributed by atoms with van der Waals surface area (Å²) in [7, 11) is 1.71. The number of hydrogen-bond acceptors (Lipinski definition) is 3. The van der Waals surface area contributed by atoms with Gasteiger partial charge in [-0.05, 0) is 37.9 Å². The molecule has 1 unspecified atom stereocenters. The van der Waals surface area contributed by atoms with Gasteiger partial charge in [0.15, 0.2) is 0 Å². The highest BCUT2D eigenvalue weighted by atomic mass is 16.2. The van der Waals surface area contributed by atoms with E-state index in [0.29, 0.717) is 0 Å². The summed E-state index contributed by atoms with van der Waals surface area (Å²) in [6, 6.07) is 7.99. The van der Waals surface area contributed by atoms with Crippen LogP contribution in [0.2, 0.25) is 0 Å². The lowest BCUT2D eigenvalue weighted by Crippen LogP contribution is -2.39. The van der Waals surface area contributed by atoms with E-state index in [1.54, 1.807) is 7.05 Å². The Hall–Kier alpha value is -1.55. The third-order valence-corrected chi connectivity index (χ3v) is 4.08. The Morgan fingerprint density at radius 1 is 1.47 bits per heavy atom. The minimum absolute atomic E-state index is 0.147. The van der Waals surface area contributed by atoms with E-state index in [0.717, 1.165) is 38.2 Å². The number of anilines is 1. The van der Waals surface area contributed by atoms with Crippen molar-refractivity contribution in [2.24, 2.45) is 5.41 Å². The van der Waals surface area contributed by atoms with Crippen molar-refractivity contribution in [3.8, 4) is 0 Å². The van der Waals surface area contributed by atoms with Crippen molar-refractivity contribution in [2.75, 3.05) is 32.4 Å². The summed E-state index contributed by atoms with van der Waals surface area (Å²) in [5.74, 6) is 0.147. The van der Waals surface area contributed by atoms with Crippen LogP contribution < -0.4 is 11.1 Å². The molecule has 2 rings (SSSR count). The van der Waals surface area contributed by atoms with Crippen LogP contribution in [0, 0.1) is 5.41 Å². The molecule has 1 fully saturated rings. The lowest BCUT2D eigenvalue weighted by Gasteiger charge is -2.22. The molecule has 0 saturated carbocycles. The van der Waals surface area contributed by atoms with E-state index in [1.807, 2.05) is 25.1 Å². The number of benzene rings is 1. The van der Waals surface area contributed by atoms with Crippen LogP contribution in [0.25, 0.3) is 0 Å². The number of amides is 1. The van der Waals surface area contributed by atoms with Crippen LogP contribution in [-0.2, 0) is 11.2 Å². The number of likely N-dealkylation sites (tertiary alicyclic amines) is 1. The SMILES string of the molecule is CNC(=O)C1(C)CCN(CCc2ccccc2N)C1. The van der Waals surface area contributed by atoms with Gasteiger partial charge in [-0.25, -0.2) is 0 Å². The van der Waals surface area contributed by atoms with Crippen molar-refractivity contribution < 1.29 is 4.79 Å². The Morgan fingerprint density at radius 3 is 2.89 bits per heavy atom. The van der Waals surface area contributed by atoms with E-state index in [-0.39, 0.29) is 11.3 Å². The zero-order chi connectivity index (χ0) is 13.9. The molecule has 0 radical (unpaired) electrons. The summed E-state index contributed by atoms with van der Waals surface area (Å²) >= 11 is 0. The second-order valence-corrected chi connectivity index (χ2v) is 5.61. The lowest BCUT2D eigenvalue weighted by molar-refractivity contribution is -0.129. The maximum Gasteiger partial charge on any atom is 0.227 e. The number of nitrogen functional groups attached to an aromatic ring is 1. The number of para-hydroxylation sites is 1. The first-order valence-corrected chi connectivity index (χ1v) is 6.83. The lowest BCUT2D eigenvalue weighted by atomic mass is 9.89. The highest BCUT2D eigenvalue weighted by Crippen LogP contribution is 2.30. The largest absolute Gasteiger partial charge is 0.399 e. The van der Waals surface area contributed by atoms with Gasteiger partial charge in [0.2, 0.25) is 5.91 Å². The maximum atomic E-state index is 11.9. The summed E-state index contributed by atoms with van der Waals surface area (Å²) in [5, 5.41) is 2.77. The first-order chi connectivity index (χ1) is 9.05. The summed E-state index contributed by atoms with van der Waals surface area (Å²) in [5.41, 5.74) is 7.75. The van der Waals surface area contributed by atoms with Gasteiger partial charge in [-0.15, -0.1) is 0 Å². The van der Waals surface area contributed by atoms with E-state index in [4.69, 9.17) is 5.73 Å². The van der Waals surface area contributed by atoms with E-state index in [2.05, 4.69) is 16.3 Å². The van der Waals surface area contributed by atoms with Crippen molar-refractivity contribution in [1.82, 2.24) is 10.2 Å². The Kier molecular flexibility index (Phi) is 4.10. The molecule has 19 heavy (non-hydrogen) atoms. The van der Waals surface area contributed by atoms with Crippen LogP contribution in [0.4, 0.5) is 5.69 Å². The second kappa shape index (κ2) is 5.61. The molecule has 1 aromatic carbocycles.